The third-order valence-electron chi connectivity index (χ3n) is 3.70. The Bertz CT molecular complexity index is 715. The third-order valence-corrected chi connectivity index (χ3v) is 3.70. The minimum atomic E-state index is -0.920. The lowest BCUT2D eigenvalue weighted by Crippen LogP contribution is -2.20. The second kappa shape index (κ2) is 5.26. The van der Waals surface area contributed by atoms with Crippen LogP contribution >= 0.6 is 0 Å². The van der Waals surface area contributed by atoms with Crippen LogP contribution in [0.1, 0.15) is 29.2 Å². The van der Waals surface area contributed by atoms with E-state index in [1.807, 2.05) is 6.07 Å². The van der Waals surface area contributed by atoms with Crippen LogP contribution in [-0.4, -0.2) is 5.91 Å². The molecule has 3 N–H and O–H groups in total. The number of rotatable bonds is 2. The summed E-state index contributed by atoms with van der Waals surface area (Å²) in [5, 5.41) is 2.77. The lowest BCUT2D eigenvalue weighted by molar-refractivity contribution is -0.116. The summed E-state index contributed by atoms with van der Waals surface area (Å²) in [6, 6.07) is 8.54. The fourth-order valence-electron chi connectivity index (χ4n) is 2.54. The van der Waals surface area contributed by atoms with Crippen molar-refractivity contribution in [3.05, 3.63) is 64.7 Å². The van der Waals surface area contributed by atoms with Gasteiger partial charge < -0.3 is 11.1 Å². The first-order valence-corrected chi connectivity index (χ1v) is 6.68. The van der Waals surface area contributed by atoms with Crippen molar-refractivity contribution in [2.45, 2.75) is 18.9 Å². The van der Waals surface area contributed by atoms with Crippen molar-refractivity contribution in [2.24, 2.45) is 5.73 Å². The van der Waals surface area contributed by atoms with Crippen LogP contribution in [0, 0.1) is 11.6 Å². The lowest BCUT2D eigenvalue weighted by atomic mass is 9.94. The number of amides is 1. The predicted octanol–water partition coefficient (Wildman–Crippen LogP) is 2.90. The van der Waals surface area contributed by atoms with E-state index in [-0.39, 0.29) is 11.5 Å². The maximum Gasteiger partial charge on any atom is 0.224 e. The number of anilines is 1. The largest absolute Gasteiger partial charge is 0.326 e. The van der Waals surface area contributed by atoms with Crippen molar-refractivity contribution in [3.63, 3.8) is 0 Å². The molecule has 0 radical (unpaired) electrons. The quantitative estimate of drug-likeness (QED) is 0.892. The van der Waals surface area contributed by atoms with Crippen LogP contribution in [0.2, 0.25) is 0 Å². The molecular formula is C16H14F2N2O. The van der Waals surface area contributed by atoms with Gasteiger partial charge >= 0.3 is 0 Å². The Morgan fingerprint density at radius 3 is 2.76 bits per heavy atom. The number of carbonyl (C=O) groups is 1. The molecule has 1 heterocycles. The van der Waals surface area contributed by atoms with E-state index in [1.54, 1.807) is 12.1 Å². The van der Waals surface area contributed by atoms with Gasteiger partial charge in [0.25, 0.3) is 0 Å². The zero-order valence-electron chi connectivity index (χ0n) is 11.2. The maximum absolute atomic E-state index is 13.8. The van der Waals surface area contributed by atoms with Crippen LogP contribution in [0.3, 0.4) is 0 Å². The van der Waals surface area contributed by atoms with Crippen LogP contribution in [0.25, 0.3) is 0 Å². The zero-order chi connectivity index (χ0) is 15.0. The molecule has 0 saturated heterocycles. The molecule has 1 atom stereocenters. The van der Waals surface area contributed by atoms with Crippen molar-refractivity contribution in [1.29, 1.82) is 0 Å². The Balaban J connectivity index is 1.97. The van der Waals surface area contributed by atoms with E-state index in [4.69, 9.17) is 5.73 Å². The highest BCUT2D eigenvalue weighted by Gasteiger charge is 2.19. The summed E-state index contributed by atoms with van der Waals surface area (Å²) in [6.07, 6.45) is 1.04. The number of benzene rings is 2. The molecule has 0 aliphatic carbocycles. The molecule has 0 bridgehead atoms. The molecule has 3 rings (SSSR count). The molecule has 21 heavy (non-hydrogen) atoms. The lowest BCUT2D eigenvalue weighted by Gasteiger charge is -2.20. The van der Waals surface area contributed by atoms with Crippen molar-refractivity contribution in [3.8, 4) is 0 Å². The highest BCUT2D eigenvalue weighted by molar-refractivity contribution is 5.93. The number of hydrogen-bond acceptors (Lipinski definition) is 2. The first kappa shape index (κ1) is 13.7. The number of carbonyl (C=O) groups excluding carboxylic acids is 1. The van der Waals surface area contributed by atoms with Gasteiger partial charge in [-0.1, -0.05) is 24.3 Å². The van der Waals surface area contributed by atoms with Gasteiger partial charge in [0.05, 0.1) is 6.04 Å². The molecule has 3 nitrogen and oxygen atoms in total. The Hall–Kier alpha value is -2.27. The molecule has 5 heteroatoms. The van der Waals surface area contributed by atoms with E-state index < -0.39 is 17.7 Å². The molecular weight excluding hydrogens is 274 g/mol. The first-order valence-electron chi connectivity index (χ1n) is 6.68. The molecule has 2 aromatic rings. The smallest absolute Gasteiger partial charge is 0.224 e. The highest BCUT2D eigenvalue weighted by atomic mass is 19.2. The minimum absolute atomic E-state index is 0.0178. The molecule has 0 spiro atoms. The molecule has 2 aromatic carbocycles. The Morgan fingerprint density at radius 1 is 1.14 bits per heavy atom. The summed E-state index contributed by atoms with van der Waals surface area (Å²) in [5.74, 6) is -1.85. The predicted molar refractivity (Wildman–Crippen MR) is 75.8 cm³/mol. The number of halogens is 2. The number of fused-ring (bicyclic) bond motifs is 1. The Labute approximate surface area is 120 Å². The van der Waals surface area contributed by atoms with Gasteiger partial charge in [0, 0.05) is 17.7 Å². The summed E-state index contributed by atoms with van der Waals surface area (Å²) in [6.45, 7) is 0. The Kier molecular flexibility index (Phi) is 3.43. The molecule has 0 fully saturated rings. The van der Waals surface area contributed by atoms with Crippen molar-refractivity contribution < 1.29 is 13.6 Å². The molecule has 0 saturated carbocycles. The summed E-state index contributed by atoms with van der Waals surface area (Å²) in [4.78, 5) is 11.3. The van der Waals surface area contributed by atoms with E-state index >= 15 is 0 Å². The van der Waals surface area contributed by atoms with Crippen molar-refractivity contribution in [2.75, 3.05) is 5.32 Å². The summed E-state index contributed by atoms with van der Waals surface area (Å²) >= 11 is 0. The molecule has 108 valence electrons. The second-order valence-electron chi connectivity index (χ2n) is 5.09. The standard InChI is InChI=1S/C16H14F2N2O/c17-12-3-1-2-11(15(12)18)16(19)10-4-6-13-9(8-10)5-7-14(21)20-13/h1-4,6,8,16H,5,7,19H2,(H,20,21). The number of hydrogen-bond donors (Lipinski definition) is 2. The van der Waals surface area contributed by atoms with Gasteiger partial charge in [0.1, 0.15) is 0 Å². The normalized spacial score (nSPS) is 15.3. The van der Waals surface area contributed by atoms with E-state index in [9.17, 15) is 13.6 Å². The number of aryl methyl sites for hydroxylation is 1. The molecule has 1 aliphatic rings. The van der Waals surface area contributed by atoms with Crippen molar-refractivity contribution >= 4 is 11.6 Å². The third kappa shape index (κ3) is 2.52. The Morgan fingerprint density at radius 2 is 1.95 bits per heavy atom. The fourth-order valence-corrected chi connectivity index (χ4v) is 2.54. The van der Waals surface area contributed by atoms with E-state index in [0.717, 1.165) is 17.3 Å². The average molecular weight is 288 g/mol. The van der Waals surface area contributed by atoms with E-state index in [2.05, 4.69) is 5.32 Å². The van der Waals surface area contributed by atoms with Crippen LogP contribution in [0.15, 0.2) is 36.4 Å². The first-order chi connectivity index (χ1) is 10.1. The van der Waals surface area contributed by atoms with E-state index in [1.165, 1.54) is 12.1 Å². The van der Waals surface area contributed by atoms with Gasteiger partial charge in [-0.2, -0.15) is 0 Å². The monoisotopic (exact) mass is 288 g/mol. The summed E-state index contributed by atoms with van der Waals surface area (Å²) in [7, 11) is 0. The highest BCUT2D eigenvalue weighted by Crippen LogP contribution is 2.29. The van der Waals surface area contributed by atoms with Crippen LogP contribution in [0.4, 0.5) is 14.5 Å². The van der Waals surface area contributed by atoms with Crippen LogP contribution in [-0.2, 0) is 11.2 Å². The molecule has 1 amide bonds. The van der Waals surface area contributed by atoms with Gasteiger partial charge in [-0.3, -0.25) is 4.79 Å². The molecule has 1 unspecified atom stereocenters. The fraction of sp³-hybridized carbons (Fsp3) is 0.188. The number of nitrogens with two attached hydrogens (primary N) is 1. The van der Waals surface area contributed by atoms with Gasteiger partial charge in [-0.15, -0.1) is 0 Å². The van der Waals surface area contributed by atoms with Crippen LogP contribution in [0.5, 0.6) is 0 Å². The summed E-state index contributed by atoms with van der Waals surface area (Å²) < 4.78 is 27.1. The van der Waals surface area contributed by atoms with Crippen LogP contribution < -0.4 is 11.1 Å². The van der Waals surface area contributed by atoms with Gasteiger partial charge in [-0.25, -0.2) is 8.78 Å². The maximum atomic E-state index is 13.8. The second-order valence-corrected chi connectivity index (χ2v) is 5.09. The van der Waals surface area contributed by atoms with Gasteiger partial charge in [0.2, 0.25) is 5.91 Å². The number of nitrogens with one attached hydrogen (secondary N) is 1. The van der Waals surface area contributed by atoms with Crippen molar-refractivity contribution in [1.82, 2.24) is 0 Å². The molecule has 0 aromatic heterocycles. The zero-order valence-corrected chi connectivity index (χ0v) is 11.2. The SMILES string of the molecule is NC(c1ccc2c(c1)CCC(=O)N2)c1cccc(F)c1F. The summed E-state index contributed by atoms with van der Waals surface area (Å²) in [5.41, 5.74) is 8.57. The van der Waals surface area contributed by atoms with Gasteiger partial charge in [-0.05, 0) is 29.7 Å². The topological polar surface area (TPSA) is 55.1 Å². The van der Waals surface area contributed by atoms with E-state index in [0.29, 0.717) is 18.4 Å². The van der Waals surface area contributed by atoms with Gasteiger partial charge in [0.15, 0.2) is 11.6 Å². The molecule has 1 aliphatic heterocycles. The minimum Gasteiger partial charge on any atom is -0.326 e. The average Bonchev–Trinajstić information content (AvgIpc) is 2.49.